The second kappa shape index (κ2) is 4.60. The Labute approximate surface area is 166 Å². The fourth-order valence-electron chi connectivity index (χ4n) is 4.81. The Morgan fingerprint density at radius 1 is 0.769 bits per heavy atom. The van der Waals surface area contributed by atoms with Gasteiger partial charge >= 0.3 is 0 Å². The predicted octanol–water partition coefficient (Wildman–Crippen LogP) is 7.27. The van der Waals surface area contributed by atoms with Crippen molar-refractivity contribution in [2.75, 3.05) is 5.73 Å². The van der Waals surface area contributed by atoms with Gasteiger partial charge in [-0.25, -0.2) is 0 Å². The molecule has 7 rings (SSSR count). The molecular weight excluding hydrogens is 395 g/mol. The first-order valence-electron chi connectivity index (χ1n) is 8.64. The molecule has 0 fully saturated rings. The van der Waals surface area contributed by atoms with Gasteiger partial charge in [0.05, 0.1) is 0 Å². The molecule has 2 N–H and O–H groups in total. The fourth-order valence-corrected chi connectivity index (χ4v) is 9.78. The molecule has 0 bridgehead atoms. The van der Waals surface area contributed by atoms with Crippen LogP contribution in [0.2, 0.25) is 0 Å². The second-order valence-corrected chi connectivity index (χ2v) is 11.1. The summed E-state index contributed by atoms with van der Waals surface area (Å²) in [6, 6.07) is 4.52. The van der Waals surface area contributed by atoms with Gasteiger partial charge in [0, 0.05) is 58.2 Å². The molecule has 0 aliphatic heterocycles. The molecule has 1 aromatic carbocycles. The van der Waals surface area contributed by atoms with Crippen LogP contribution in [0.5, 0.6) is 0 Å². The van der Waals surface area contributed by atoms with E-state index < -0.39 is 0 Å². The Kier molecular flexibility index (Phi) is 2.55. The lowest BCUT2D eigenvalue weighted by atomic mass is 9.93. The highest BCUT2D eigenvalue weighted by atomic mass is 32.1. The Morgan fingerprint density at radius 2 is 1.35 bits per heavy atom. The molecule has 1 nitrogen and oxygen atoms in total. The number of rotatable bonds is 0. The lowest BCUT2D eigenvalue weighted by molar-refractivity contribution is 1.22. The molecule has 0 amide bonds. The number of hydrogen-bond acceptors (Lipinski definition) is 5. The van der Waals surface area contributed by atoms with Crippen molar-refractivity contribution in [2.45, 2.75) is 19.8 Å². The standard InChI is InChI=1S/C21H13NS4/c1-8-9-6-11-18-14(3-5-23-18)26-21(11)16(9)17(22)10-7-12-19-13(2-4-24-19)25-20(12)15(8)10/h2-5H,6-7,22H2,1H3. The van der Waals surface area contributed by atoms with Crippen LogP contribution in [0, 0.1) is 6.92 Å². The largest absolute Gasteiger partial charge is 0.398 e. The third-order valence-corrected chi connectivity index (χ3v) is 10.6. The van der Waals surface area contributed by atoms with Crippen LogP contribution in [0.1, 0.15) is 27.8 Å². The van der Waals surface area contributed by atoms with Gasteiger partial charge in [-0.1, -0.05) is 0 Å². The van der Waals surface area contributed by atoms with Crippen molar-refractivity contribution in [1.82, 2.24) is 0 Å². The Balaban J connectivity index is 1.57. The number of fused-ring (bicyclic) bond motifs is 10. The van der Waals surface area contributed by atoms with Gasteiger partial charge in [-0.05, 0) is 57.6 Å². The first-order valence-corrected chi connectivity index (χ1v) is 12.0. The van der Waals surface area contributed by atoms with E-state index in [1.807, 2.05) is 45.3 Å². The van der Waals surface area contributed by atoms with Crippen molar-refractivity contribution >= 4 is 69.8 Å². The topological polar surface area (TPSA) is 26.0 Å². The summed E-state index contributed by atoms with van der Waals surface area (Å²) in [7, 11) is 0. The summed E-state index contributed by atoms with van der Waals surface area (Å²) in [5, 5.41) is 4.43. The summed E-state index contributed by atoms with van der Waals surface area (Å²) in [5.41, 5.74) is 18.0. The smallest absolute Gasteiger partial charge is 0.0492 e. The maximum absolute atomic E-state index is 6.84. The van der Waals surface area contributed by atoms with E-state index >= 15 is 0 Å². The van der Waals surface area contributed by atoms with Crippen LogP contribution in [0.4, 0.5) is 5.69 Å². The van der Waals surface area contributed by atoms with Gasteiger partial charge < -0.3 is 5.73 Å². The monoisotopic (exact) mass is 407 g/mol. The van der Waals surface area contributed by atoms with Gasteiger partial charge in [0.25, 0.3) is 0 Å². The molecule has 0 radical (unpaired) electrons. The molecule has 5 aromatic rings. The average molecular weight is 408 g/mol. The molecule has 2 aliphatic rings. The summed E-state index contributed by atoms with van der Waals surface area (Å²) in [6.07, 6.45) is 2.05. The molecule has 4 aromatic heterocycles. The van der Waals surface area contributed by atoms with Crippen molar-refractivity contribution in [1.29, 1.82) is 0 Å². The van der Waals surface area contributed by atoms with E-state index in [4.69, 9.17) is 5.73 Å². The maximum atomic E-state index is 6.84. The van der Waals surface area contributed by atoms with E-state index in [2.05, 4.69) is 29.8 Å². The molecule has 0 saturated heterocycles. The minimum absolute atomic E-state index is 1.00. The van der Waals surface area contributed by atoms with Crippen LogP contribution in [-0.2, 0) is 12.8 Å². The highest BCUT2D eigenvalue weighted by Gasteiger charge is 2.35. The molecule has 2 aliphatic carbocycles. The zero-order valence-electron chi connectivity index (χ0n) is 13.9. The first kappa shape index (κ1) is 14.4. The van der Waals surface area contributed by atoms with E-state index in [-0.39, 0.29) is 0 Å². The lowest BCUT2D eigenvalue weighted by Gasteiger charge is -2.15. The number of benzene rings is 1. The highest BCUT2D eigenvalue weighted by molar-refractivity contribution is 7.30. The molecule has 0 saturated carbocycles. The molecule has 5 heteroatoms. The van der Waals surface area contributed by atoms with Gasteiger partial charge in [-0.2, -0.15) is 0 Å². The number of anilines is 1. The fraction of sp³-hybridized carbons (Fsp3) is 0.143. The zero-order chi connectivity index (χ0) is 17.2. The van der Waals surface area contributed by atoms with Gasteiger partial charge in [0.15, 0.2) is 0 Å². The van der Waals surface area contributed by atoms with E-state index in [9.17, 15) is 0 Å². The number of nitrogens with two attached hydrogens (primary N) is 1. The minimum atomic E-state index is 1.00. The van der Waals surface area contributed by atoms with Gasteiger partial charge in [-0.3, -0.25) is 0 Å². The highest BCUT2D eigenvalue weighted by Crippen LogP contribution is 2.58. The molecule has 0 unspecified atom stereocenters. The predicted molar refractivity (Wildman–Crippen MR) is 119 cm³/mol. The normalized spacial score (nSPS) is 14.2. The van der Waals surface area contributed by atoms with Crippen LogP contribution >= 0.6 is 45.3 Å². The molecule has 126 valence electrons. The Morgan fingerprint density at radius 3 is 2.00 bits per heavy atom. The summed E-state index contributed by atoms with van der Waals surface area (Å²) in [5.74, 6) is 0. The van der Waals surface area contributed by atoms with E-state index in [0.717, 1.165) is 18.5 Å². The zero-order valence-corrected chi connectivity index (χ0v) is 17.2. The maximum Gasteiger partial charge on any atom is 0.0492 e. The SMILES string of the molecule is Cc1c2c(c(N)c3c1-c1sc4ccsc4c1C3)-c1sc3ccsc3c1C2. The van der Waals surface area contributed by atoms with E-state index in [1.165, 1.54) is 67.5 Å². The van der Waals surface area contributed by atoms with Crippen LogP contribution in [-0.4, -0.2) is 0 Å². The molecule has 0 atom stereocenters. The summed E-state index contributed by atoms with van der Waals surface area (Å²) < 4.78 is 5.79. The summed E-state index contributed by atoms with van der Waals surface area (Å²) >= 11 is 7.63. The molecule has 0 spiro atoms. The Hall–Kier alpha value is -1.66. The third kappa shape index (κ3) is 1.50. The van der Waals surface area contributed by atoms with Gasteiger partial charge in [0.2, 0.25) is 0 Å². The Bertz CT molecular complexity index is 1300. The van der Waals surface area contributed by atoms with E-state index in [1.54, 1.807) is 0 Å². The quantitative estimate of drug-likeness (QED) is 0.263. The van der Waals surface area contributed by atoms with Crippen LogP contribution in [0.25, 0.3) is 39.7 Å². The number of thiophene rings is 4. The molecule has 26 heavy (non-hydrogen) atoms. The van der Waals surface area contributed by atoms with Crippen molar-refractivity contribution < 1.29 is 0 Å². The van der Waals surface area contributed by atoms with Crippen molar-refractivity contribution in [3.8, 4) is 20.9 Å². The van der Waals surface area contributed by atoms with E-state index in [0.29, 0.717) is 0 Å². The van der Waals surface area contributed by atoms with Crippen molar-refractivity contribution in [2.24, 2.45) is 0 Å². The van der Waals surface area contributed by atoms with Crippen LogP contribution in [0.15, 0.2) is 22.9 Å². The van der Waals surface area contributed by atoms with Crippen LogP contribution in [0.3, 0.4) is 0 Å². The first-order chi connectivity index (χ1) is 12.7. The third-order valence-electron chi connectivity index (χ3n) is 5.97. The van der Waals surface area contributed by atoms with Gasteiger partial charge in [0.1, 0.15) is 0 Å². The number of nitrogen functional groups attached to an aromatic ring is 1. The van der Waals surface area contributed by atoms with Crippen molar-refractivity contribution in [3.63, 3.8) is 0 Å². The summed E-state index contributed by atoms with van der Waals surface area (Å²) in [4.78, 5) is 2.91. The minimum Gasteiger partial charge on any atom is -0.398 e. The lowest BCUT2D eigenvalue weighted by Crippen LogP contribution is -2.00. The number of hydrogen-bond donors (Lipinski definition) is 1. The van der Waals surface area contributed by atoms with Crippen LogP contribution < -0.4 is 5.73 Å². The molecule has 4 heterocycles. The van der Waals surface area contributed by atoms with Crippen molar-refractivity contribution in [3.05, 3.63) is 50.7 Å². The van der Waals surface area contributed by atoms with Gasteiger partial charge in [-0.15, -0.1) is 45.3 Å². The summed E-state index contributed by atoms with van der Waals surface area (Å²) in [6.45, 7) is 2.32. The molecular formula is C21H13NS4. The average Bonchev–Trinajstić information content (AvgIpc) is 3.38. The second-order valence-electron chi connectivity index (χ2n) is 7.15.